The Morgan fingerprint density at radius 2 is 1.97 bits per heavy atom. The Bertz CT molecular complexity index is 922. The van der Waals surface area contributed by atoms with E-state index >= 15 is 0 Å². The number of carbonyl (C=O) groups is 1. The third-order valence-electron chi connectivity index (χ3n) is 6.86. The lowest BCUT2D eigenvalue weighted by molar-refractivity contribution is -0.134. The fraction of sp³-hybridized carbons (Fsp3) is 0.560. The van der Waals surface area contributed by atoms with E-state index in [2.05, 4.69) is 67.8 Å². The summed E-state index contributed by atoms with van der Waals surface area (Å²) < 4.78 is 2.46. The van der Waals surface area contributed by atoms with Crippen molar-refractivity contribution in [2.45, 2.75) is 59.0 Å². The molecule has 0 saturated carbocycles. The Balaban J connectivity index is 1.74. The van der Waals surface area contributed by atoms with Gasteiger partial charge in [-0.2, -0.15) is 0 Å². The molecule has 2 atom stereocenters. The van der Waals surface area contributed by atoms with Gasteiger partial charge in [-0.05, 0) is 56.5 Å². The Labute approximate surface area is 175 Å². The topological polar surface area (TPSA) is 28.5 Å². The molecular weight excluding hydrogens is 358 g/mol. The van der Waals surface area contributed by atoms with Gasteiger partial charge < -0.3 is 9.47 Å². The van der Waals surface area contributed by atoms with Crippen LogP contribution in [0.15, 0.2) is 30.5 Å². The lowest BCUT2D eigenvalue weighted by Gasteiger charge is -2.40. The second-order valence-electron chi connectivity index (χ2n) is 8.65. The van der Waals surface area contributed by atoms with E-state index < -0.39 is 0 Å². The minimum Gasteiger partial charge on any atom is -0.347 e. The van der Waals surface area contributed by atoms with Gasteiger partial charge in [0.2, 0.25) is 5.91 Å². The van der Waals surface area contributed by atoms with Gasteiger partial charge in [-0.25, -0.2) is 0 Å². The molecule has 2 aliphatic rings. The highest BCUT2D eigenvalue weighted by atomic mass is 16.2. The first kappa shape index (κ1) is 20.2. The predicted molar refractivity (Wildman–Crippen MR) is 121 cm³/mol. The number of nitrogens with zero attached hydrogens (tertiary/aromatic N) is 3. The minimum absolute atomic E-state index is 0.0467. The van der Waals surface area contributed by atoms with E-state index in [-0.39, 0.29) is 11.8 Å². The smallest absolute Gasteiger partial charge is 0.230 e. The number of amides is 1. The van der Waals surface area contributed by atoms with Crippen LogP contribution in [0.3, 0.4) is 0 Å². The minimum atomic E-state index is -0.0467. The standard InChI is InChI=1S/C25H35N3O/c1-5-8-9-13-28-17-18-15-23-21(20-11-10-12-22(28)24(18)20)14-19(16-26(23)4)25(29)27(6-2)7-3/h10-12,14,17,19,23H,5-9,13,15-16H2,1-4H3/t19-,23-/m1/s1. The van der Waals surface area contributed by atoms with Crippen molar-refractivity contribution < 1.29 is 4.79 Å². The second kappa shape index (κ2) is 8.35. The average Bonchev–Trinajstić information content (AvgIpc) is 3.08. The zero-order valence-corrected chi connectivity index (χ0v) is 18.4. The van der Waals surface area contributed by atoms with Gasteiger partial charge in [0, 0.05) is 49.3 Å². The van der Waals surface area contributed by atoms with Gasteiger partial charge in [0.25, 0.3) is 0 Å². The number of carbonyl (C=O) groups excluding carboxylic acids is 1. The molecule has 29 heavy (non-hydrogen) atoms. The molecule has 0 unspecified atom stereocenters. The van der Waals surface area contributed by atoms with Crippen molar-refractivity contribution in [2.75, 3.05) is 26.7 Å². The first-order valence-electron chi connectivity index (χ1n) is 11.4. The van der Waals surface area contributed by atoms with Crippen LogP contribution < -0.4 is 0 Å². The highest BCUT2D eigenvalue weighted by Crippen LogP contribution is 2.41. The van der Waals surface area contributed by atoms with Gasteiger partial charge in [0.05, 0.1) is 5.92 Å². The molecule has 0 radical (unpaired) electrons. The summed E-state index contributed by atoms with van der Waals surface area (Å²) in [6.07, 6.45) is 9.48. The summed E-state index contributed by atoms with van der Waals surface area (Å²) in [5, 5.41) is 1.41. The molecule has 0 bridgehead atoms. The Morgan fingerprint density at radius 1 is 1.17 bits per heavy atom. The van der Waals surface area contributed by atoms with Crippen molar-refractivity contribution in [3.8, 4) is 0 Å². The van der Waals surface area contributed by atoms with E-state index in [1.807, 2.05) is 4.90 Å². The van der Waals surface area contributed by atoms with E-state index in [0.29, 0.717) is 6.04 Å². The number of hydrogen-bond donors (Lipinski definition) is 0. The normalized spacial score (nSPS) is 21.2. The largest absolute Gasteiger partial charge is 0.347 e. The van der Waals surface area contributed by atoms with Crippen LogP contribution in [0.25, 0.3) is 16.5 Å². The highest BCUT2D eigenvalue weighted by molar-refractivity contribution is 5.99. The van der Waals surface area contributed by atoms with E-state index in [0.717, 1.165) is 32.6 Å². The molecule has 1 aromatic carbocycles. The van der Waals surface area contributed by atoms with E-state index in [9.17, 15) is 4.79 Å². The summed E-state index contributed by atoms with van der Waals surface area (Å²) in [7, 11) is 2.18. The summed E-state index contributed by atoms with van der Waals surface area (Å²) in [6, 6.07) is 7.09. The molecule has 4 heteroatoms. The lowest BCUT2D eigenvalue weighted by Crippen LogP contribution is -2.47. The molecule has 0 saturated heterocycles. The van der Waals surface area contributed by atoms with Gasteiger partial charge in [-0.1, -0.05) is 38.0 Å². The number of aromatic nitrogens is 1. The van der Waals surface area contributed by atoms with Crippen LogP contribution in [-0.2, 0) is 17.8 Å². The number of benzene rings is 1. The Kier molecular flexibility index (Phi) is 5.82. The highest BCUT2D eigenvalue weighted by Gasteiger charge is 2.36. The number of aryl methyl sites for hydroxylation is 1. The third-order valence-corrected chi connectivity index (χ3v) is 6.86. The van der Waals surface area contributed by atoms with Crippen LogP contribution in [0.2, 0.25) is 0 Å². The van der Waals surface area contributed by atoms with Crippen LogP contribution in [0.4, 0.5) is 0 Å². The molecule has 0 spiro atoms. The fourth-order valence-corrected chi connectivity index (χ4v) is 5.27. The molecule has 1 aliphatic carbocycles. The summed E-state index contributed by atoms with van der Waals surface area (Å²) in [5.74, 6) is 0.220. The monoisotopic (exact) mass is 393 g/mol. The molecule has 156 valence electrons. The molecule has 0 N–H and O–H groups in total. The first-order chi connectivity index (χ1) is 14.1. The van der Waals surface area contributed by atoms with Crippen molar-refractivity contribution in [3.63, 3.8) is 0 Å². The van der Waals surface area contributed by atoms with Crippen molar-refractivity contribution in [1.82, 2.24) is 14.4 Å². The van der Waals surface area contributed by atoms with Gasteiger partial charge in [-0.3, -0.25) is 9.69 Å². The number of rotatable bonds is 7. The number of fused-ring (bicyclic) bond motifs is 2. The first-order valence-corrected chi connectivity index (χ1v) is 11.4. The Hall–Kier alpha value is -2.07. The maximum atomic E-state index is 13.1. The number of hydrogen-bond acceptors (Lipinski definition) is 2. The van der Waals surface area contributed by atoms with Gasteiger partial charge in [0.1, 0.15) is 0 Å². The summed E-state index contributed by atoms with van der Waals surface area (Å²) in [4.78, 5) is 17.4. The molecule has 1 aliphatic heterocycles. The Morgan fingerprint density at radius 3 is 2.69 bits per heavy atom. The third kappa shape index (κ3) is 3.52. The van der Waals surface area contributed by atoms with E-state index in [1.165, 1.54) is 46.9 Å². The number of unbranched alkanes of at least 4 members (excludes halogenated alkanes) is 2. The van der Waals surface area contributed by atoms with Gasteiger partial charge >= 0.3 is 0 Å². The van der Waals surface area contributed by atoms with Crippen LogP contribution in [0, 0.1) is 5.92 Å². The van der Waals surface area contributed by atoms with Crippen LogP contribution in [0.1, 0.15) is 51.2 Å². The predicted octanol–water partition coefficient (Wildman–Crippen LogP) is 4.57. The maximum absolute atomic E-state index is 13.1. The zero-order chi connectivity index (χ0) is 20.5. The SMILES string of the molecule is CCCCCn1cc2c3c(cccc31)C1=C[C@@H](C(=O)N(CC)CC)CN(C)[C@@H]1C2. The zero-order valence-electron chi connectivity index (χ0n) is 18.4. The second-order valence-corrected chi connectivity index (χ2v) is 8.65. The fourth-order valence-electron chi connectivity index (χ4n) is 5.27. The summed E-state index contributed by atoms with van der Waals surface area (Å²) in [6.45, 7) is 9.86. The van der Waals surface area contributed by atoms with Gasteiger partial charge in [-0.15, -0.1) is 0 Å². The molecule has 0 fully saturated rings. The van der Waals surface area contributed by atoms with Gasteiger partial charge in [0.15, 0.2) is 0 Å². The van der Waals surface area contributed by atoms with E-state index in [4.69, 9.17) is 0 Å². The average molecular weight is 394 g/mol. The van der Waals surface area contributed by atoms with Crippen molar-refractivity contribution in [3.05, 3.63) is 41.6 Å². The van der Waals surface area contributed by atoms with Crippen molar-refractivity contribution in [1.29, 1.82) is 0 Å². The molecule has 1 amide bonds. The van der Waals surface area contributed by atoms with Crippen LogP contribution in [0.5, 0.6) is 0 Å². The summed E-state index contributed by atoms with van der Waals surface area (Å²) in [5.41, 5.74) is 5.52. The lowest BCUT2D eigenvalue weighted by atomic mass is 9.79. The van der Waals surface area contributed by atoms with Crippen molar-refractivity contribution >= 4 is 22.4 Å². The molecule has 4 nitrogen and oxygen atoms in total. The van der Waals surface area contributed by atoms with Crippen LogP contribution in [-0.4, -0.2) is 53.0 Å². The number of likely N-dealkylation sites (N-methyl/N-ethyl adjacent to an activating group) is 1. The maximum Gasteiger partial charge on any atom is 0.230 e. The van der Waals surface area contributed by atoms with E-state index in [1.54, 1.807) is 0 Å². The quantitative estimate of drug-likeness (QED) is 0.645. The summed E-state index contributed by atoms with van der Waals surface area (Å²) >= 11 is 0. The molecular formula is C25H35N3O. The van der Waals surface area contributed by atoms with Crippen LogP contribution >= 0.6 is 0 Å². The van der Waals surface area contributed by atoms with Crippen molar-refractivity contribution in [2.24, 2.45) is 5.92 Å². The molecule has 4 rings (SSSR count). The molecule has 2 heterocycles. The molecule has 2 aromatic rings. The molecule has 1 aromatic heterocycles.